The third-order valence-electron chi connectivity index (χ3n) is 4.02. The Morgan fingerprint density at radius 1 is 1.04 bits per heavy atom. The van der Waals surface area contributed by atoms with Crippen LogP contribution in [-0.2, 0) is 6.61 Å². The van der Waals surface area contributed by atoms with Gasteiger partial charge in [0.05, 0.1) is 5.56 Å². The third-order valence-corrected chi connectivity index (χ3v) is 4.87. The summed E-state index contributed by atoms with van der Waals surface area (Å²) in [6.07, 6.45) is 1.69. The van der Waals surface area contributed by atoms with Crippen LogP contribution in [0, 0.1) is 0 Å². The summed E-state index contributed by atoms with van der Waals surface area (Å²) in [4.78, 5) is 11.8. The van der Waals surface area contributed by atoms with E-state index in [4.69, 9.17) is 4.74 Å². The summed E-state index contributed by atoms with van der Waals surface area (Å²) in [6.45, 7) is 4.19. The molecule has 0 saturated heterocycles. The van der Waals surface area contributed by atoms with Crippen LogP contribution in [0.4, 0.5) is 0 Å². The molecular formula is C22H17BrO3. The lowest BCUT2D eigenvalue weighted by molar-refractivity contribution is 0.0697. The average molecular weight is 409 g/mol. The van der Waals surface area contributed by atoms with Crippen molar-refractivity contribution in [3.8, 4) is 16.9 Å². The van der Waals surface area contributed by atoms with Crippen molar-refractivity contribution in [3.05, 3.63) is 94.5 Å². The van der Waals surface area contributed by atoms with Gasteiger partial charge in [0.2, 0.25) is 0 Å². The van der Waals surface area contributed by atoms with E-state index >= 15 is 0 Å². The Bertz CT molecular complexity index is 949. The average Bonchev–Trinajstić information content (AvgIpc) is 2.67. The number of benzene rings is 3. The second kappa shape index (κ2) is 8.02. The van der Waals surface area contributed by atoms with Gasteiger partial charge >= 0.3 is 5.97 Å². The fourth-order valence-corrected chi connectivity index (χ4v) is 3.45. The summed E-state index contributed by atoms with van der Waals surface area (Å²) in [7, 11) is 0. The highest BCUT2D eigenvalue weighted by Gasteiger charge is 2.19. The van der Waals surface area contributed by atoms with Crippen molar-refractivity contribution in [1.29, 1.82) is 0 Å². The molecule has 0 atom stereocenters. The van der Waals surface area contributed by atoms with Crippen LogP contribution < -0.4 is 4.74 Å². The molecule has 26 heavy (non-hydrogen) atoms. The fraction of sp³-hybridized carbons (Fsp3) is 0.0455. The van der Waals surface area contributed by atoms with Gasteiger partial charge in [0, 0.05) is 15.6 Å². The number of carboxylic acid groups (broad SMARTS) is 1. The van der Waals surface area contributed by atoms with Gasteiger partial charge in [-0.1, -0.05) is 67.3 Å². The van der Waals surface area contributed by atoms with Crippen LogP contribution in [0.1, 0.15) is 21.5 Å². The van der Waals surface area contributed by atoms with Crippen LogP contribution in [-0.4, -0.2) is 11.1 Å². The van der Waals surface area contributed by atoms with Crippen molar-refractivity contribution in [1.82, 2.24) is 0 Å². The number of halogens is 1. The Morgan fingerprint density at radius 2 is 1.73 bits per heavy atom. The maximum atomic E-state index is 11.8. The molecule has 3 aromatic carbocycles. The zero-order valence-corrected chi connectivity index (χ0v) is 15.6. The maximum Gasteiger partial charge on any atom is 0.336 e. The molecule has 0 bridgehead atoms. The molecule has 0 aliphatic rings. The molecule has 1 N–H and O–H groups in total. The van der Waals surface area contributed by atoms with Crippen LogP contribution in [0.2, 0.25) is 0 Å². The maximum absolute atomic E-state index is 11.8. The first-order valence-corrected chi connectivity index (χ1v) is 8.85. The molecule has 0 unspecified atom stereocenters. The molecule has 3 aromatic rings. The lowest BCUT2D eigenvalue weighted by Crippen LogP contribution is -2.03. The number of hydrogen-bond acceptors (Lipinski definition) is 2. The van der Waals surface area contributed by atoms with Crippen molar-refractivity contribution in [3.63, 3.8) is 0 Å². The molecule has 130 valence electrons. The van der Waals surface area contributed by atoms with Crippen molar-refractivity contribution in [2.75, 3.05) is 0 Å². The number of rotatable bonds is 6. The Labute approximate surface area is 160 Å². The summed E-state index contributed by atoms with van der Waals surface area (Å²) < 4.78 is 6.68. The number of carboxylic acids is 1. The molecule has 0 aromatic heterocycles. The van der Waals surface area contributed by atoms with Crippen molar-refractivity contribution < 1.29 is 14.6 Å². The highest BCUT2D eigenvalue weighted by molar-refractivity contribution is 9.10. The third kappa shape index (κ3) is 3.70. The van der Waals surface area contributed by atoms with Gasteiger partial charge < -0.3 is 9.84 Å². The van der Waals surface area contributed by atoms with Gasteiger partial charge in [-0.05, 0) is 39.2 Å². The molecule has 0 aliphatic carbocycles. The molecular weight excluding hydrogens is 392 g/mol. The molecule has 0 amide bonds. The summed E-state index contributed by atoms with van der Waals surface area (Å²) in [5.74, 6) is -0.366. The quantitative estimate of drug-likeness (QED) is 0.540. The minimum atomic E-state index is -0.992. The second-order valence-corrected chi connectivity index (χ2v) is 6.46. The van der Waals surface area contributed by atoms with Crippen molar-refractivity contribution >= 4 is 28.0 Å². The summed E-state index contributed by atoms with van der Waals surface area (Å²) in [5.41, 5.74) is 3.37. The predicted octanol–water partition coefficient (Wildman–Crippen LogP) is 6.04. The SMILES string of the molecule is C=Cc1ccc(C(=O)O)c(-c2ccccc2OCc2ccccc2)c1Br. The Morgan fingerprint density at radius 3 is 2.42 bits per heavy atom. The van der Waals surface area contributed by atoms with E-state index in [0.29, 0.717) is 22.4 Å². The highest BCUT2D eigenvalue weighted by atomic mass is 79.9. The van der Waals surface area contributed by atoms with Gasteiger partial charge in [-0.2, -0.15) is 0 Å². The second-order valence-electron chi connectivity index (χ2n) is 5.67. The lowest BCUT2D eigenvalue weighted by Gasteiger charge is -2.16. The van der Waals surface area contributed by atoms with E-state index in [1.807, 2.05) is 54.6 Å². The molecule has 4 heteroatoms. The van der Waals surface area contributed by atoms with E-state index in [1.165, 1.54) is 0 Å². The predicted molar refractivity (Wildman–Crippen MR) is 107 cm³/mol. The molecule has 3 nitrogen and oxygen atoms in total. The van der Waals surface area contributed by atoms with E-state index in [0.717, 1.165) is 16.7 Å². The van der Waals surface area contributed by atoms with Gasteiger partial charge in [0.25, 0.3) is 0 Å². The fourth-order valence-electron chi connectivity index (χ4n) is 2.73. The number of carbonyl (C=O) groups is 1. The van der Waals surface area contributed by atoms with Gasteiger partial charge in [0.1, 0.15) is 12.4 Å². The van der Waals surface area contributed by atoms with Gasteiger partial charge in [-0.25, -0.2) is 4.79 Å². The van der Waals surface area contributed by atoms with Crippen LogP contribution in [0.25, 0.3) is 17.2 Å². The smallest absolute Gasteiger partial charge is 0.336 e. The summed E-state index contributed by atoms with van der Waals surface area (Å²) >= 11 is 3.54. The summed E-state index contributed by atoms with van der Waals surface area (Å²) in [6, 6.07) is 20.6. The minimum absolute atomic E-state index is 0.207. The number of aromatic carboxylic acids is 1. The summed E-state index contributed by atoms with van der Waals surface area (Å²) in [5, 5.41) is 9.63. The topological polar surface area (TPSA) is 46.5 Å². The molecule has 0 saturated carbocycles. The Kier molecular flexibility index (Phi) is 5.54. The molecule has 0 heterocycles. The molecule has 3 rings (SSSR count). The molecule has 0 spiro atoms. The first-order chi connectivity index (χ1) is 12.6. The van der Waals surface area contributed by atoms with E-state index in [1.54, 1.807) is 18.2 Å². The minimum Gasteiger partial charge on any atom is -0.488 e. The first-order valence-electron chi connectivity index (χ1n) is 8.06. The van der Waals surface area contributed by atoms with E-state index in [9.17, 15) is 9.90 Å². The molecule has 0 aliphatic heterocycles. The van der Waals surface area contributed by atoms with Crippen LogP contribution in [0.15, 0.2) is 77.8 Å². The van der Waals surface area contributed by atoms with Crippen LogP contribution >= 0.6 is 15.9 Å². The largest absolute Gasteiger partial charge is 0.488 e. The van der Waals surface area contributed by atoms with Gasteiger partial charge in [0.15, 0.2) is 0 Å². The van der Waals surface area contributed by atoms with Gasteiger partial charge in [-0.15, -0.1) is 0 Å². The highest BCUT2D eigenvalue weighted by Crippen LogP contribution is 2.40. The number of hydrogen-bond donors (Lipinski definition) is 1. The normalized spacial score (nSPS) is 10.3. The van der Waals surface area contributed by atoms with Crippen molar-refractivity contribution in [2.24, 2.45) is 0 Å². The van der Waals surface area contributed by atoms with Gasteiger partial charge in [-0.3, -0.25) is 0 Å². The number of ether oxygens (including phenoxy) is 1. The number of para-hydroxylation sites is 1. The first kappa shape index (κ1) is 18.0. The van der Waals surface area contributed by atoms with E-state index in [-0.39, 0.29) is 5.56 Å². The molecule has 0 radical (unpaired) electrons. The zero-order valence-electron chi connectivity index (χ0n) is 14.0. The van der Waals surface area contributed by atoms with E-state index < -0.39 is 5.97 Å². The zero-order chi connectivity index (χ0) is 18.5. The van der Waals surface area contributed by atoms with Crippen LogP contribution in [0.5, 0.6) is 5.75 Å². The van der Waals surface area contributed by atoms with Crippen molar-refractivity contribution in [2.45, 2.75) is 6.61 Å². The Hall–Kier alpha value is -2.85. The van der Waals surface area contributed by atoms with Crippen LogP contribution in [0.3, 0.4) is 0 Å². The standard InChI is InChI=1S/C22H17BrO3/c1-2-16-12-13-18(22(24)25)20(21(16)23)17-10-6-7-11-19(17)26-14-15-8-4-3-5-9-15/h2-13H,1,14H2,(H,24,25). The lowest BCUT2D eigenvalue weighted by atomic mass is 9.96. The molecule has 0 fully saturated rings. The van der Waals surface area contributed by atoms with E-state index in [2.05, 4.69) is 22.5 Å². The monoisotopic (exact) mass is 408 g/mol. The Balaban J connectivity index is 2.07.